The molecule has 6 nitrogen and oxygen atoms in total. The fraction of sp³-hybridized carbons (Fsp3) is 0.111. The van der Waals surface area contributed by atoms with Gasteiger partial charge in [-0.2, -0.15) is 5.10 Å². The smallest absolute Gasteiger partial charge is 0.356 e. The number of nitrogens with zero attached hydrogens (tertiary/aromatic N) is 2. The summed E-state index contributed by atoms with van der Waals surface area (Å²) in [4.78, 5) is 11.3. The molecule has 0 aliphatic heterocycles. The van der Waals surface area contributed by atoms with E-state index in [-0.39, 0.29) is 18.9 Å². The minimum atomic E-state index is -1.12. The summed E-state index contributed by atoms with van der Waals surface area (Å²) in [5.74, 6) is -0.544. The van der Waals surface area contributed by atoms with Crippen molar-refractivity contribution < 1.29 is 19.7 Å². The molecule has 0 saturated heterocycles. The van der Waals surface area contributed by atoms with Gasteiger partial charge < -0.3 is 14.9 Å². The van der Waals surface area contributed by atoms with Crippen molar-refractivity contribution in [1.82, 2.24) is 9.78 Å². The van der Waals surface area contributed by atoms with Crippen LogP contribution in [0, 0.1) is 0 Å². The first-order valence-corrected chi connectivity index (χ1v) is 7.89. The Balaban J connectivity index is 2.10. The number of hydrogen-bond donors (Lipinski definition) is 2. The van der Waals surface area contributed by atoms with E-state index in [1.54, 1.807) is 42.5 Å². The maximum atomic E-state index is 11.3. The number of aliphatic hydroxyl groups excluding tert-OH is 1. The molecule has 128 valence electrons. The van der Waals surface area contributed by atoms with Crippen molar-refractivity contribution in [3.05, 3.63) is 65.3 Å². The molecule has 0 amide bonds. The zero-order valence-electron chi connectivity index (χ0n) is 13.1. The Morgan fingerprint density at radius 1 is 1.16 bits per heavy atom. The Bertz CT molecular complexity index is 908. The summed E-state index contributed by atoms with van der Waals surface area (Å²) in [6.45, 7) is 0.0885. The highest BCUT2D eigenvalue weighted by atomic mass is 35.5. The molecule has 0 unspecified atom stereocenters. The first kappa shape index (κ1) is 17.0. The van der Waals surface area contributed by atoms with Gasteiger partial charge in [-0.15, -0.1) is 0 Å². The van der Waals surface area contributed by atoms with Crippen LogP contribution in [0.4, 0.5) is 0 Å². The quantitative estimate of drug-likeness (QED) is 0.706. The molecule has 0 spiro atoms. The molecular formula is C18H15ClN2O4. The molecule has 1 aromatic heterocycles. The van der Waals surface area contributed by atoms with Gasteiger partial charge in [0.1, 0.15) is 12.4 Å². The summed E-state index contributed by atoms with van der Waals surface area (Å²) in [5, 5.41) is 22.9. The van der Waals surface area contributed by atoms with Gasteiger partial charge in [-0.1, -0.05) is 29.8 Å². The number of carbonyl (C=O) groups is 1. The average molecular weight is 359 g/mol. The topological polar surface area (TPSA) is 84.6 Å². The van der Waals surface area contributed by atoms with E-state index in [9.17, 15) is 9.90 Å². The number of aliphatic hydroxyl groups is 1. The van der Waals surface area contributed by atoms with Crippen molar-refractivity contribution in [1.29, 1.82) is 0 Å². The number of hydrogen-bond acceptors (Lipinski definition) is 4. The van der Waals surface area contributed by atoms with Crippen LogP contribution in [0.5, 0.6) is 5.75 Å². The summed E-state index contributed by atoms with van der Waals surface area (Å²) in [5.41, 5.74) is 1.90. The second-order valence-electron chi connectivity index (χ2n) is 5.21. The predicted molar refractivity (Wildman–Crippen MR) is 93.6 cm³/mol. The second-order valence-corrected chi connectivity index (χ2v) is 5.65. The molecule has 2 N–H and O–H groups in total. The molecule has 0 aliphatic carbocycles. The largest absolute Gasteiger partial charge is 0.491 e. The molecule has 1 heterocycles. The highest BCUT2D eigenvalue weighted by molar-refractivity contribution is 6.30. The van der Waals surface area contributed by atoms with E-state index >= 15 is 0 Å². The first-order chi connectivity index (χ1) is 12.1. The van der Waals surface area contributed by atoms with Gasteiger partial charge in [-0.25, -0.2) is 9.48 Å². The van der Waals surface area contributed by atoms with E-state index in [2.05, 4.69) is 5.10 Å². The third-order valence-electron chi connectivity index (χ3n) is 3.47. The van der Waals surface area contributed by atoms with Crippen LogP contribution in [-0.4, -0.2) is 39.2 Å². The van der Waals surface area contributed by atoms with Crippen LogP contribution in [-0.2, 0) is 0 Å². The van der Waals surface area contributed by atoms with Gasteiger partial charge in [0.05, 0.1) is 18.0 Å². The van der Waals surface area contributed by atoms with E-state index < -0.39 is 5.97 Å². The molecule has 0 saturated carbocycles. The fourth-order valence-corrected chi connectivity index (χ4v) is 2.59. The molecule has 7 heteroatoms. The fourth-order valence-electron chi connectivity index (χ4n) is 2.40. The Morgan fingerprint density at radius 2 is 1.96 bits per heavy atom. The zero-order valence-corrected chi connectivity index (χ0v) is 13.8. The highest BCUT2D eigenvalue weighted by Gasteiger charge is 2.16. The van der Waals surface area contributed by atoms with Crippen LogP contribution >= 0.6 is 11.6 Å². The average Bonchev–Trinajstić information content (AvgIpc) is 3.06. The standard InChI is InChI=1S/C18H15ClN2O4/c19-13-4-2-5-14(10-13)21-17(11-16(20-21)18(23)24)12-3-1-6-15(9-12)25-8-7-22/h1-6,9-11,22H,7-8H2,(H,23,24). The van der Waals surface area contributed by atoms with Gasteiger partial charge in [0, 0.05) is 10.6 Å². The lowest BCUT2D eigenvalue weighted by molar-refractivity contribution is 0.0690. The number of carboxylic acids is 1. The van der Waals surface area contributed by atoms with Crippen LogP contribution in [0.15, 0.2) is 54.6 Å². The molecule has 0 radical (unpaired) electrons. The van der Waals surface area contributed by atoms with E-state index in [1.807, 2.05) is 6.07 Å². The Kier molecular flexibility index (Phi) is 5.02. The highest BCUT2D eigenvalue weighted by Crippen LogP contribution is 2.28. The third kappa shape index (κ3) is 3.81. The lowest BCUT2D eigenvalue weighted by Gasteiger charge is -2.10. The SMILES string of the molecule is O=C(O)c1cc(-c2cccc(OCCO)c2)n(-c2cccc(Cl)c2)n1. The zero-order chi connectivity index (χ0) is 17.8. The summed E-state index contributed by atoms with van der Waals surface area (Å²) >= 11 is 6.04. The molecule has 0 atom stereocenters. The van der Waals surface area contributed by atoms with E-state index in [0.29, 0.717) is 22.2 Å². The summed E-state index contributed by atoms with van der Waals surface area (Å²) in [6, 6.07) is 15.6. The van der Waals surface area contributed by atoms with E-state index in [1.165, 1.54) is 10.7 Å². The molecular weight excluding hydrogens is 344 g/mol. The second kappa shape index (κ2) is 7.38. The van der Waals surface area contributed by atoms with Crippen molar-refractivity contribution in [3.8, 4) is 22.7 Å². The summed E-state index contributed by atoms with van der Waals surface area (Å²) in [6.07, 6.45) is 0. The number of halogens is 1. The molecule has 3 aromatic rings. The molecule has 0 aliphatic rings. The van der Waals surface area contributed by atoms with Crippen LogP contribution in [0.25, 0.3) is 16.9 Å². The van der Waals surface area contributed by atoms with Gasteiger partial charge in [0.25, 0.3) is 0 Å². The van der Waals surface area contributed by atoms with Crippen LogP contribution < -0.4 is 4.74 Å². The predicted octanol–water partition coefficient (Wildman–Crippen LogP) is 3.26. The number of benzene rings is 2. The summed E-state index contributed by atoms with van der Waals surface area (Å²) < 4.78 is 6.95. The minimum Gasteiger partial charge on any atom is -0.491 e. The summed E-state index contributed by atoms with van der Waals surface area (Å²) in [7, 11) is 0. The lowest BCUT2D eigenvalue weighted by Crippen LogP contribution is -2.03. The van der Waals surface area contributed by atoms with E-state index in [4.69, 9.17) is 21.4 Å². The number of rotatable bonds is 6. The number of aromatic nitrogens is 2. The van der Waals surface area contributed by atoms with Crippen molar-refractivity contribution in [2.75, 3.05) is 13.2 Å². The van der Waals surface area contributed by atoms with Gasteiger partial charge in [0.15, 0.2) is 5.69 Å². The number of ether oxygens (including phenoxy) is 1. The monoisotopic (exact) mass is 358 g/mol. The van der Waals surface area contributed by atoms with Crippen molar-refractivity contribution in [2.45, 2.75) is 0 Å². The van der Waals surface area contributed by atoms with Crippen molar-refractivity contribution in [3.63, 3.8) is 0 Å². The van der Waals surface area contributed by atoms with Crippen LogP contribution in [0.1, 0.15) is 10.5 Å². The number of aromatic carboxylic acids is 1. The maximum absolute atomic E-state index is 11.3. The van der Waals surface area contributed by atoms with Gasteiger partial charge in [-0.05, 0) is 36.4 Å². The first-order valence-electron chi connectivity index (χ1n) is 7.52. The van der Waals surface area contributed by atoms with E-state index in [0.717, 1.165) is 5.56 Å². The molecule has 0 bridgehead atoms. The minimum absolute atomic E-state index is 0.0725. The normalized spacial score (nSPS) is 10.6. The third-order valence-corrected chi connectivity index (χ3v) is 3.71. The van der Waals surface area contributed by atoms with Crippen molar-refractivity contribution >= 4 is 17.6 Å². The lowest BCUT2D eigenvalue weighted by atomic mass is 10.1. The Labute approximate surface area is 148 Å². The van der Waals surface area contributed by atoms with Crippen LogP contribution in [0.2, 0.25) is 5.02 Å². The van der Waals surface area contributed by atoms with Gasteiger partial charge in [0.2, 0.25) is 0 Å². The molecule has 25 heavy (non-hydrogen) atoms. The van der Waals surface area contributed by atoms with Crippen LogP contribution in [0.3, 0.4) is 0 Å². The molecule has 3 rings (SSSR count). The van der Waals surface area contributed by atoms with Crippen molar-refractivity contribution in [2.24, 2.45) is 0 Å². The maximum Gasteiger partial charge on any atom is 0.356 e. The van der Waals surface area contributed by atoms with Gasteiger partial charge >= 0.3 is 5.97 Å². The van der Waals surface area contributed by atoms with Gasteiger partial charge in [-0.3, -0.25) is 0 Å². The number of carboxylic acid groups (broad SMARTS) is 1. The molecule has 2 aromatic carbocycles. The Morgan fingerprint density at radius 3 is 2.68 bits per heavy atom. The Hall–Kier alpha value is -2.83. The molecule has 0 fully saturated rings.